The Labute approximate surface area is 160 Å². The molecule has 140 valence electrons. The van der Waals surface area contributed by atoms with E-state index in [1.807, 2.05) is 50.2 Å². The van der Waals surface area contributed by atoms with Gasteiger partial charge in [0, 0.05) is 5.41 Å². The summed E-state index contributed by atoms with van der Waals surface area (Å²) in [4.78, 5) is 24.4. The first-order valence-electron chi connectivity index (χ1n) is 8.63. The molecule has 0 spiro atoms. The van der Waals surface area contributed by atoms with E-state index in [1.54, 1.807) is 24.3 Å². The van der Waals surface area contributed by atoms with Gasteiger partial charge in [0.1, 0.15) is 0 Å². The summed E-state index contributed by atoms with van der Waals surface area (Å²) in [5.74, 6) is -0.983. The van der Waals surface area contributed by atoms with Crippen LogP contribution in [0, 0.1) is 5.41 Å². The number of carbonyl (C=O) groups is 2. The van der Waals surface area contributed by atoms with Crippen molar-refractivity contribution in [2.45, 2.75) is 13.8 Å². The van der Waals surface area contributed by atoms with Gasteiger partial charge in [-0.1, -0.05) is 87.7 Å². The zero-order chi connectivity index (χ0) is 19.9. The Morgan fingerprint density at radius 1 is 0.741 bits per heavy atom. The molecule has 27 heavy (non-hydrogen) atoms. The van der Waals surface area contributed by atoms with Crippen LogP contribution in [-0.2, 0) is 19.1 Å². The average molecular weight is 364 g/mol. The molecule has 0 saturated carbocycles. The van der Waals surface area contributed by atoms with Crippen molar-refractivity contribution in [2.24, 2.45) is 5.41 Å². The Hall–Kier alpha value is -3.14. The number of benzene rings is 2. The normalized spacial score (nSPS) is 10.7. The maximum atomic E-state index is 12.2. The lowest BCUT2D eigenvalue weighted by atomic mass is 9.96. The fraction of sp³-hybridized carbons (Fsp3) is 0.217. The maximum absolute atomic E-state index is 12.2. The first kappa shape index (κ1) is 20.2. The smallest absolute Gasteiger partial charge is 0.338 e. The van der Waals surface area contributed by atoms with E-state index in [4.69, 9.17) is 9.47 Å². The molecule has 2 aromatic rings. The van der Waals surface area contributed by atoms with Crippen LogP contribution >= 0.6 is 0 Å². The zero-order valence-corrected chi connectivity index (χ0v) is 15.7. The summed E-state index contributed by atoms with van der Waals surface area (Å²) in [6, 6.07) is 18.2. The highest BCUT2D eigenvalue weighted by molar-refractivity contribution is 6.16. The molecule has 0 N–H and O–H groups in total. The molecule has 2 aromatic carbocycles. The standard InChI is InChI=1S/C23H24O4/c1-17(19-11-7-5-8-12-19)21(24)26-15-23(3,4)16-27-22(25)18(2)20-13-9-6-10-14-20/h5-14H,1-2,15-16H2,3-4H3. The number of hydrogen-bond donors (Lipinski definition) is 0. The fourth-order valence-corrected chi connectivity index (χ4v) is 2.25. The molecule has 0 aliphatic rings. The molecule has 0 unspecified atom stereocenters. The largest absolute Gasteiger partial charge is 0.461 e. The quantitative estimate of drug-likeness (QED) is 0.510. The minimum atomic E-state index is -0.542. The third kappa shape index (κ3) is 5.96. The number of ether oxygens (including phenoxy) is 2. The van der Waals surface area contributed by atoms with Gasteiger partial charge in [0.15, 0.2) is 0 Å². The van der Waals surface area contributed by atoms with Crippen LogP contribution in [0.5, 0.6) is 0 Å². The molecule has 0 heterocycles. The van der Waals surface area contributed by atoms with E-state index >= 15 is 0 Å². The van der Waals surface area contributed by atoms with Gasteiger partial charge in [-0.3, -0.25) is 0 Å². The molecular formula is C23H24O4. The maximum Gasteiger partial charge on any atom is 0.338 e. The lowest BCUT2D eigenvalue weighted by molar-refractivity contribution is -0.145. The topological polar surface area (TPSA) is 52.6 Å². The minimum Gasteiger partial charge on any atom is -0.461 e. The number of carbonyl (C=O) groups excluding carboxylic acids is 2. The SMILES string of the molecule is C=C(C(=O)OCC(C)(C)COC(=O)C(=C)c1ccccc1)c1ccccc1. The molecular weight excluding hydrogens is 340 g/mol. The minimum absolute atomic E-state index is 0.1000. The number of rotatable bonds is 8. The molecule has 0 fully saturated rings. The zero-order valence-electron chi connectivity index (χ0n) is 15.7. The van der Waals surface area contributed by atoms with Crippen molar-refractivity contribution < 1.29 is 19.1 Å². The van der Waals surface area contributed by atoms with Crippen molar-refractivity contribution >= 4 is 23.1 Å². The van der Waals surface area contributed by atoms with E-state index in [2.05, 4.69) is 13.2 Å². The van der Waals surface area contributed by atoms with Crippen LogP contribution in [0.4, 0.5) is 0 Å². The van der Waals surface area contributed by atoms with Crippen LogP contribution in [0.1, 0.15) is 25.0 Å². The van der Waals surface area contributed by atoms with Crippen LogP contribution in [0.2, 0.25) is 0 Å². The highest BCUT2D eigenvalue weighted by Gasteiger charge is 2.24. The summed E-state index contributed by atoms with van der Waals surface area (Å²) in [6.07, 6.45) is 0. The van der Waals surface area contributed by atoms with Crippen LogP contribution in [0.25, 0.3) is 11.1 Å². The van der Waals surface area contributed by atoms with Gasteiger partial charge in [0.05, 0.1) is 24.4 Å². The second-order valence-corrected chi connectivity index (χ2v) is 7.01. The Morgan fingerprint density at radius 3 is 1.41 bits per heavy atom. The summed E-state index contributed by atoms with van der Waals surface area (Å²) in [7, 11) is 0. The van der Waals surface area contributed by atoms with Gasteiger partial charge in [0.25, 0.3) is 0 Å². The van der Waals surface area contributed by atoms with E-state index < -0.39 is 17.4 Å². The Kier molecular flexibility index (Phi) is 6.72. The second-order valence-electron chi connectivity index (χ2n) is 7.01. The number of hydrogen-bond acceptors (Lipinski definition) is 4. The Bertz CT molecular complexity index is 750. The molecule has 0 atom stereocenters. The van der Waals surface area contributed by atoms with E-state index in [0.717, 1.165) is 0 Å². The summed E-state index contributed by atoms with van der Waals surface area (Å²) in [5.41, 5.74) is 1.47. The second kappa shape index (κ2) is 8.99. The Morgan fingerprint density at radius 2 is 1.07 bits per heavy atom. The van der Waals surface area contributed by atoms with Crippen LogP contribution in [0.15, 0.2) is 73.8 Å². The predicted octanol–water partition coefficient (Wildman–Crippen LogP) is 4.53. The van der Waals surface area contributed by atoms with E-state index in [-0.39, 0.29) is 13.2 Å². The molecule has 0 aromatic heterocycles. The third-order valence-electron chi connectivity index (χ3n) is 3.93. The van der Waals surface area contributed by atoms with Gasteiger partial charge in [-0.25, -0.2) is 9.59 Å². The van der Waals surface area contributed by atoms with Crippen LogP contribution in [-0.4, -0.2) is 25.2 Å². The van der Waals surface area contributed by atoms with Gasteiger partial charge in [-0.15, -0.1) is 0 Å². The molecule has 0 saturated heterocycles. The van der Waals surface area contributed by atoms with Crippen molar-refractivity contribution in [1.82, 2.24) is 0 Å². The number of esters is 2. The van der Waals surface area contributed by atoms with E-state index in [1.165, 1.54) is 0 Å². The van der Waals surface area contributed by atoms with Gasteiger partial charge in [0.2, 0.25) is 0 Å². The molecule has 0 amide bonds. The Balaban J connectivity index is 1.84. The summed E-state index contributed by atoms with van der Waals surface area (Å²) < 4.78 is 10.7. The molecule has 0 aliphatic carbocycles. The summed E-state index contributed by atoms with van der Waals surface area (Å²) in [5, 5.41) is 0. The highest BCUT2D eigenvalue weighted by Crippen LogP contribution is 2.21. The van der Waals surface area contributed by atoms with E-state index in [0.29, 0.717) is 22.3 Å². The molecule has 0 aliphatic heterocycles. The fourth-order valence-electron chi connectivity index (χ4n) is 2.25. The van der Waals surface area contributed by atoms with Crippen LogP contribution < -0.4 is 0 Å². The summed E-state index contributed by atoms with van der Waals surface area (Å²) >= 11 is 0. The van der Waals surface area contributed by atoms with Crippen LogP contribution in [0.3, 0.4) is 0 Å². The monoisotopic (exact) mass is 364 g/mol. The van der Waals surface area contributed by atoms with Crippen molar-refractivity contribution in [1.29, 1.82) is 0 Å². The predicted molar refractivity (Wildman–Crippen MR) is 107 cm³/mol. The lowest BCUT2D eigenvalue weighted by Gasteiger charge is -2.24. The molecule has 0 bridgehead atoms. The third-order valence-corrected chi connectivity index (χ3v) is 3.93. The van der Waals surface area contributed by atoms with Gasteiger partial charge < -0.3 is 9.47 Å². The first-order valence-corrected chi connectivity index (χ1v) is 8.63. The molecule has 4 nitrogen and oxygen atoms in total. The van der Waals surface area contributed by atoms with Crippen molar-refractivity contribution in [3.8, 4) is 0 Å². The lowest BCUT2D eigenvalue weighted by Crippen LogP contribution is -2.29. The van der Waals surface area contributed by atoms with Gasteiger partial charge in [-0.2, -0.15) is 0 Å². The first-order chi connectivity index (χ1) is 12.8. The molecule has 4 heteroatoms. The molecule has 2 rings (SSSR count). The summed E-state index contributed by atoms with van der Waals surface area (Å²) in [6.45, 7) is 11.5. The van der Waals surface area contributed by atoms with Crippen molar-refractivity contribution in [3.63, 3.8) is 0 Å². The van der Waals surface area contributed by atoms with Gasteiger partial charge >= 0.3 is 11.9 Å². The van der Waals surface area contributed by atoms with Gasteiger partial charge in [-0.05, 0) is 11.1 Å². The van der Waals surface area contributed by atoms with E-state index in [9.17, 15) is 9.59 Å². The average Bonchev–Trinajstić information content (AvgIpc) is 2.70. The molecule has 0 radical (unpaired) electrons. The van der Waals surface area contributed by atoms with Crippen molar-refractivity contribution in [2.75, 3.05) is 13.2 Å². The highest BCUT2D eigenvalue weighted by atomic mass is 16.5. The van der Waals surface area contributed by atoms with Crippen molar-refractivity contribution in [3.05, 3.63) is 84.9 Å².